The van der Waals surface area contributed by atoms with Gasteiger partial charge in [0.25, 0.3) is 0 Å². The maximum Gasteiger partial charge on any atom is 0.302 e. The highest BCUT2D eigenvalue weighted by Gasteiger charge is 2.37. The molecule has 9 nitrogen and oxygen atoms in total. The lowest BCUT2D eigenvalue weighted by Gasteiger charge is -2.37. The van der Waals surface area contributed by atoms with E-state index >= 15 is 0 Å². The number of nitrogens with one attached hydrogen (secondary N) is 1. The first-order valence-electron chi connectivity index (χ1n) is 9.03. The zero-order valence-electron chi connectivity index (χ0n) is 16.1. The van der Waals surface area contributed by atoms with Crippen molar-refractivity contribution in [1.82, 2.24) is 19.7 Å². The van der Waals surface area contributed by atoms with Crippen LogP contribution in [0.3, 0.4) is 0 Å². The highest BCUT2D eigenvalue weighted by molar-refractivity contribution is 6.28. The molecule has 0 saturated heterocycles. The van der Waals surface area contributed by atoms with E-state index in [9.17, 15) is 4.79 Å². The Balaban J connectivity index is 1.87. The first-order valence-corrected chi connectivity index (χ1v) is 9.41. The maximum absolute atomic E-state index is 11.5. The van der Waals surface area contributed by atoms with Gasteiger partial charge in [0, 0.05) is 44.6 Å². The molecule has 0 spiro atoms. The minimum absolute atomic E-state index is 0.0978. The molecule has 1 saturated carbocycles. The molecular formula is C18H24ClN5O4. The number of esters is 1. The predicted molar refractivity (Wildman–Crippen MR) is 103 cm³/mol. The molecule has 2 aromatic heterocycles. The van der Waals surface area contributed by atoms with Crippen molar-refractivity contribution in [1.29, 1.82) is 0 Å². The molecule has 1 aliphatic carbocycles. The summed E-state index contributed by atoms with van der Waals surface area (Å²) in [7, 11) is 3.39. The molecule has 0 aromatic carbocycles. The number of nitrogens with zero attached hydrogens (tertiary/aromatic N) is 4. The minimum atomic E-state index is -0.381. The van der Waals surface area contributed by atoms with Gasteiger partial charge in [-0.05, 0) is 30.9 Å². The number of anilines is 1. The summed E-state index contributed by atoms with van der Waals surface area (Å²) in [5.41, 5.74) is 1.64. The molecule has 3 rings (SSSR count). The average molecular weight is 410 g/mol. The van der Waals surface area contributed by atoms with Gasteiger partial charge in [-0.1, -0.05) is 0 Å². The molecule has 2 heterocycles. The third-order valence-corrected chi connectivity index (χ3v) is 4.74. The second-order valence-electron chi connectivity index (χ2n) is 6.67. The molecule has 152 valence electrons. The predicted octanol–water partition coefficient (Wildman–Crippen LogP) is 2.42. The second-order valence-corrected chi connectivity index (χ2v) is 7.01. The summed E-state index contributed by atoms with van der Waals surface area (Å²) in [6, 6.07) is -0.144. The fourth-order valence-electron chi connectivity index (χ4n) is 3.41. The van der Waals surface area contributed by atoms with Gasteiger partial charge in [0.1, 0.15) is 24.8 Å². The zero-order valence-corrected chi connectivity index (χ0v) is 16.8. The standard InChI is InChI=1S/C18H24ClN5O4/c1-11(25)28-15-6-4-5-14(16(15)27-10-26-3)22-17-13(8-20-18(19)23-17)12-7-21-24(2)9-12/h7-9,14-16H,4-6,10H2,1-3H3,(H,20,22,23)/t14-,15-,16-/m0/s1. The van der Waals surface area contributed by atoms with Crippen molar-refractivity contribution in [3.05, 3.63) is 23.9 Å². The van der Waals surface area contributed by atoms with Crippen molar-refractivity contribution in [3.8, 4) is 11.1 Å². The molecule has 0 radical (unpaired) electrons. The minimum Gasteiger partial charge on any atom is -0.460 e. The van der Waals surface area contributed by atoms with E-state index in [2.05, 4.69) is 20.4 Å². The van der Waals surface area contributed by atoms with Gasteiger partial charge in [-0.15, -0.1) is 0 Å². The van der Waals surface area contributed by atoms with Crippen LogP contribution in [0.5, 0.6) is 0 Å². The fourth-order valence-corrected chi connectivity index (χ4v) is 3.54. The summed E-state index contributed by atoms with van der Waals surface area (Å²) in [6.07, 6.45) is 6.95. The molecule has 3 atom stereocenters. The molecule has 2 aromatic rings. The van der Waals surface area contributed by atoms with Gasteiger partial charge in [-0.3, -0.25) is 9.48 Å². The Bertz CT molecular complexity index is 815. The fraction of sp³-hybridized carbons (Fsp3) is 0.556. The number of hydrogen-bond acceptors (Lipinski definition) is 8. The number of rotatable bonds is 7. The number of hydrogen-bond donors (Lipinski definition) is 1. The van der Waals surface area contributed by atoms with E-state index in [0.717, 1.165) is 30.4 Å². The molecule has 1 aliphatic rings. The number of aromatic nitrogens is 4. The monoisotopic (exact) mass is 409 g/mol. The van der Waals surface area contributed by atoms with Gasteiger partial charge in [-0.25, -0.2) is 9.97 Å². The Kier molecular flexibility index (Phi) is 6.82. The van der Waals surface area contributed by atoms with Crippen LogP contribution < -0.4 is 5.32 Å². The van der Waals surface area contributed by atoms with Crippen LogP contribution in [0.15, 0.2) is 18.6 Å². The Morgan fingerprint density at radius 1 is 1.39 bits per heavy atom. The van der Waals surface area contributed by atoms with Gasteiger partial charge in [0.05, 0.1) is 12.2 Å². The Labute approximate surface area is 168 Å². The number of methoxy groups -OCH3 is 1. The number of aryl methyl sites for hydroxylation is 1. The van der Waals surface area contributed by atoms with Crippen LogP contribution in [0.2, 0.25) is 5.28 Å². The number of ether oxygens (including phenoxy) is 3. The Morgan fingerprint density at radius 2 is 2.21 bits per heavy atom. The summed E-state index contributed by atoms with van der Waals surface area (Å²) < 4.78 is 18.1. The summed E-state index contributed by atoms with van der Waals surface area (Å²) in [4.78, 5) is 20.0. The van der Waals surface area contributed by atoms with Crippen LogP contribution in [-0.2, 0) is 26.1 Å². The quantitative estimate of drug-likeness (QED) is 0.422. The molecular weight excluding hydrogens is 386 g/mol. The lowest BCUT2D eigenvalue weighted by molar-refractivity contribution is -0.169. The summed E-state index contributed by atoms with van der Waals surface area (Å²) in [5.74, 6) is 0.241. The molecule has 0 amide bonds. The molecule has 0 unspecified atom stereocenters. The average Bonchev–Trinajstić information content (AvgIpc) is 3.07. The van der Waals surface area contributed by atoms with Crippen molar-refractivity contribution < 1.29 is 19.0 Å². The van der Waals surface area contributed by atoms with Crippen LogP contribution >= 0.6 is 11.6 Å². The Morgan fingerprint density at radius 3 is 2.89 bits per heavy atom. The van der Waals surface area contributed by atoms with Gasteiger partial charge in [0.2, 0.25) is 5.28 Å². The van der Waals surface area contributed by atoms with Crippen LogP contribution in [0.25, 0.3) is 11.1 Å². The van der Waals surface area contributed by atoms with Crippen LogP contribution in [0.4, 0.5) is 5.82 Å². The van der Waals surface area contributed by atoms with Gasteiger partial charge < -0.3 is 19.5 Å². The molecule has 28 heavy (non-hydrogen) atoms. The van der Waals surface area contributed by atoms with Crippen LogP contribution in [0.1, 0.15) is 26.2 Å². The maximum atomic E-state index is 11.5. The summed E-state index contributed by atoms with van der Waals surface area (Å²) in [6.45, 7) is 1.50. The van der Waals surface area contributed by atoms with E-state index in [1.54, 1.807) is 24.2 Å². The van der Waals surface area contributed by atoms with Crippen LogP contribution in [0, 0.1) is 0 Å². The summed E-state index contributed by atoms with van der Waals surface area (Å²) in [5, 5.41) is 7.76. The second kappa shape index (κ2) is 9.31. The summed E-state index contributed by atoms with van der Waals surface area (Å²) >= 11 is 6.04. The lowest BCUT2D eigenvalue weighted by Crippen LogP contribution is -2.49. The van der Waals surface area contributed by atoms with Crippen molar-refractivity contribution in [2.45, 2.75) is 44.4 Å². The lowest BCUT2D eigenvalue weighted by atomic mass is 9.89. The van der Waals surface area contributed by atoms with E-state index < -0.39 is 0 Å². The van der Waals surface area contributed by atoms with Crippen molar-refractivity contribution in [2.24, 2.45) is 7.05 Å². The highest BCUT2D eigenvalue weighted by atomic mass is 35.5. The topological polar surface area (TPSA) is 100 Å². The molecule has 0 aliphatic heterocycles. The first kappa shape index (κ1) is 20.5. The SMILES string of the molecule is COCO[C@H]1[C@@H](Nc2nc(Cl)ncc2-c2cnn(C)c2)CCC[C@@H]1OC(C)=O. The highest BCUT2D eigenvalue weighted by Crippen LogP contribution is 2.31. The normalized spacial score (nSPS) is 22.1. The van der Waals surface area contributed by atoms with Crippen molar-refractivity contribution in [3.63, 3.8) is 0 Å². The molecule has 1 N–H and O–H groups in total. The van der Waals surface area contributed by atoms with Gasteiger partial charge in [-0.2, -0.15) is 5.10 Å². The van der Waals surface area contributed by atoms with Crippen molar-refractivity contribution >= 4 is 23.4 Å². The number of carbonyl (C=O) groups is 1. The van der Waals surface area contributed by atoms with E-state index in [1.807, 2.05) is 13.2 Å². The van der Waals surface area contributed by atoms with E-state index in [0.29, 0.717) is 5.82 Å². The molecule has 0 bridgehead atoms. The zero-order chi connectivity index (χ0) is 20.1. The molecule has 1 fully saturated rings. The third kappa shape index (κ3) is 4.98. The van der Waals surface area contributed by atoms with E-state index in [-0.39, 0.29) is 36.3 Å². The van der Waals surface area contributed by atoms with Crippen LogP contribution in [-0.4, -0.2) is 57.9 Å². The van der Waals surface area contributed by atoms with Crippen molar-refractivity contribution in [2.75, 3.05) is 19.2 Å². The molecule has 10 heteroatoms. The first-order chi connectivity index (χ1) is 13.5. The van der Waals surface area contributed by atoms with E-state index in [1.165, 1.54) is 6.92 Å². The Hall–Kier alpha value is -2.23. The number of halogens is 1. The third-order valence-electron chi connectivity index (χ3n) is 4.56. The largest absolute Gasteiger partial charge is 0.460 e. The smallest absolute Gasteiger partial charge is 0.302 e. The van der Waals surface area contributed by atoms with Gasteiger partial charge in [0.15, 0.2) is 0 Å². The number of carbonyl (C=O) groups excluding carboxylic acids is 1. The van der Waals surface area contributed by atoms with Gasteiger partial charge >= 0.3 is 5.97 Å². The van der Waals surface area contributed by atoms with E-state index in [4.69, 9.17) is 25.8 Å².